The van der Waals surface area contributed by atoms with Crippen molar-refractivity contribution >= 4 is 27.6 Å². The Bertz CT molecular complexity index is 1310. The monoisotopic (exact) mass is 521 g/mol. The predicted octanol–water partition coefficient (Wildman–Crippen LogP) is 4.74. The second-order valence-electron chi connectivity index (χ2n) is 7.99. The van der Waals surface area contributed by atoms with Crippen molar-refractivity contribution in [3.05, 3.63) is 73.5 Å². The van der Waals surface area contributed by atoms with Crippen molar-refractivity contribution in [1.82, 2.24) is 9.78 Å². The second-order valence-corrected chi connectivity index (χ2v) is 8.91. The van der Waals surface area contributed by atoms with Gasteiger partial charge in [-0.25, -0.2) is 0 Å². The molecule has 33 heavy (non-hydrogen) atoms. The fourth-order valence-corrected chi connectivity index (χ4v) is 4.57. The topological polar surface area (TPSA) is 75.4 Å². The highest BCUT2D eigenvalue weighted by atomic mass is 79.9. The van der Waals surface area contributed by atoms with Gasteiger partial charge in [-0.3, -0.25) is 9.59 Å². The number of carboxylic acids is 1. The summed E-state index contributed by atoms with van der Waals surface area (Å²) in [4.78, 5) is 26.2. The highest BCUT2D eigenvalue weighted by Crippen LogP contribution is 2.37. The molecule has 2 heterocycles. The SMILES string of the molecule is Cc1cc(C)cc(-c2nn(-c3cc(Br)ccc3C(F)(F)F)c(=O)c3c2CCN3CC(=O)O)c1. The minimum atomic E-state index is -4.73. The molecule has 0 saturated heterocycles. The molecule has 1 aliphatic rings. The van der Waals surface area contributed by atoms with E-state index in [1.54, 1.807) is 0 Å². The van der Waals surface area contributed by atoms with Crippen LogP contribution in [-0.2, 0) is 17.4 Å². The van der Waals surface area contributed by atoms with Crippen LogP contribution in [0.1, 0.15) is 22.3 Å². The zero-order chi connectivity index (χ0) is 24.1. The molecule has 10 heteroatoms. The average Bonchev–Trinajstić information content (AvgIpc) is 3.10. The number of benzene rings is 2. The lowest BCUT2D eigenvalue weighted by atomic mass is 10.0. The standard InChI is InChI=1S/C23H19BrF3N3O3/c1-12-7-13(2)9-14(8-12)20-16-5-6-29(11-19(31)32)21(16)22(33)30(28-20)18-10-15(24)3-4-17(18)23(25,26)27/h3-4,7-10H,5-6,11H2,1-2H3,(H,31,32). The molecule has 0 unspecified atom stereocenters. The molecular weight excluding hydrogens is 503 g/mol. The first kappa shape index (κ1) is 23.0. The lowest BCUT2D eigenvalue weighted by Gasteiger charge is -2.20. The third-order valence-corrected chi connectivity index (χ3v) is 5.92. The molecule has 1 aromatic heterocycles. The van der Waals surface area contributed by atoms with Crippen molar-refractivity contribution in [3.63, 3.8) is 0 Å². The molecule has 2 aromatic carbocycles. The van der Waals surface area contributed by atoms with Gasteiger partial charge in [-0.05, 0) is 50.6 Å². The van der Waals surface area contributed by atoms with E-state index in [2.05, 4.69) is 21.0 Å². The van der Waals surface area contributed by atoms with Crippen molar-refractivity contribution in [2.45, 2.75) is 26.4 Å². The highest BCUT2D eigenvalue weighted by Gasteiger charge is 2.36. The molecule has 1 aliphatic heterocycles. The van der Waals surface area contributed by atoms with Gasteiger partial charge >= 0.3 is 12.1 Å². The summed E-state index contributed by atoms with van der Waals surface area (Å²) in [6.45, 7) is 3.59. The summed E-state index contributed by atoms with van der Waals surface area (Å²) in [7, 11) is 0. The second kappa shape index (κ2) is 8.33. The van der Waals surface area contributed by atoms with Crippen LogP contribution >= 0.6 is 15.9 Å². The molecule has 0 amide bonds. The van der Waals surface area contributed by atoms with Crippen molar-refractivity contribution in [2.75, 3.05) is 18.0 Å². The average molecular weight is 522 g/mol. The van der Waals surface area contributed by atoms with E-state index in [9.17, 15) is 27.9 Å². The third-order valence-electron chi connectivity index (χ3n) is 5.43. The van der Waals surface area contributed by atoms with Gasteiger partial charge in [0.15, 0.2) is 0 Å². The van der Waals surface area contributed by atoms with Crippen LogP contribution in [0.15, 0.2) is 45.7 Å². The van der Waals surface area contributed by atoms with E-state index in [0.29, 0.717) is 27.7 Å². The minimum absolute atomic E-state index is 0.0645. The van der Waals surface area contributed by atoms with Crippen LogP contribution in [0.2, 0.25) is 0 Å². The van der Waals surface area contributed by atoms with Crippen molar-refractivity contribution in [1.29, 1.82) is 0 Å². The zero-order valence-corrected chi connectivity index (χ0v) is 19.3. The van der Waals surface area contributed by atoms with Crippen LogP contribution in [0, 0.1) is 13.8 Å². The normalized spacial score (nSPS) is 13.3. The first-order chi connectivity index (χ1) is 15.5. The molecular formula is C23H19BrF3N3O3. The molecule has 0 saturated carbocycles. The summed E-state index contributed by atoms with van der Waals surface area (Å²) in [5.74, 6) is -1.14. The van der Waals surface area contributed by atoms with Gasteiger partial charge in [-0.15, -0.1) is 0 Å². The predicted molar refractivity (Wildman–Crippen MR) is 121 cm³/mol. The smallest absolute Gasteiger partial charge is 0.418 e. The summed E-state index contributed by atoms with van der Waals surface area (Å²) < 4.78 is 42.5. The van der Waals surface area contributed by atoms with E-state index in [-0.39, 0.29) is 12.2 Å². The van der Waals surface area contributed by atoms with Gasteiger partial charge in [0.2, 0.25) is 0 Å². The number of hydrogen-bond donors (Lipinski definition) is 1. The number of halogens is 4. The molecule has 4 rings (SSSR count). The van der Waals surface area contributed by atoms with Crippen molar-refractivity contribution < 1.29 is 23.1 Å². The van der Waals surface area contributed by atoms with Gasteiger partial charge in [0, 0.05) is 22.1 Å². The van der Waals surface area contributed by atoms with E-state index in [1.807, 2.05) is 32.0 Å². The zero-order valence-electron chi connectivity index (χ0n) is 17.7. The lowest BCUT2D eigenvalue weighted by molar-refractivity contribution is -0.137. The van der Waals surface area contributed by atoms with Crippen LogP contribution in [0.3, 0.4) is 0 Å². The first-order valence-electron chi connectivity index (χ1n) is 10.0. The Hall–Kier alpha value is -3.14. The van der Waals surface area contributed by atoms with Gasteiger partial charge in [-0.2, -0.15) is 23.0 Å². The molecule has 0 aliphatic carbocycles. The fourth-order valence-electron chi connectivity index (χ4n) is 4.22. The fraction of sp³-hybridized carbons (Fsp3) is 0.261. The van der Waals surface area contributed by atoms with E-state index in [1.165, 1.54) is 17.0 Å². The number of aliphatic carboxylic acids is 1. The number of hydrogen-bond acceptors (Lipinski definition) is 4. The molecule has 6 nitrogen and oxygen atoms in total. The number of alkyl halides is 3. The number of anilines is 1. The maximum absolute atomic E-state index is 13.8. The number of nitrogens with zero attached hydrogens (tertiary/aromatic N) is 3. The van der Waals surface area contributed by atoms with Crippen LogP contribution in [0.5, 0.6) is 0 Å². The largest absolute Gasteiger partial charge is 0.480 e. The van der Waals surface area contributed by atoms with E-state index in [4.69, 9.17) is 0 Å². The third kappa shape index (κ3) is 4.39. The van der Waals surface area contributed by atoms with Crippen LogP contribution in [0.25, 0.3) is 16.9 Å². The van der Waals surface area contributed by atoms with Gasteiger partial charge < -0.3 is 10.0 Å². The summed E-state index contributed by atoms with van der Waals surface area (Å²) in [6.07, 6.45) is -4.37. The quantitative estimate of drug-likeness (QED) is 0.536. The van der Waals surface area contributed by atoms with Crippen molar-refractivity contribution in [2.24, 2.45) is 0 Å². The van der Waals surface area contributed by atoms with Gasteiger partial charge in [0.1, 0.15) is 12.2 Å². The summed E-state index contributed by atoms with van der Waals surface area (Å²) >= 11 is 3.18. The first-order valence-corrected chi connectivity index (χ1v) is 10.8. The molecule has 0 bridgehead atoms. The molecule has 1 N–H and O–H groups in total. The van der Waals surface area contributed by atoms with Crippen LogP contribution in [-0.4, -0.2) is 33.9 Å². The molecule has 0 fully saturated rings. The molecule has 0 radical (unpaired) electrons. The number of fused-ring (bicyclic) bond motifs is 1. The Kier molecular flexibility index (Phi) is 5.81. The molecule has 3 aromatic rings. The van der Waals surface area contributed by atoms with E-state index >= 15 is 0 Å². The van der Waals surface area contributed by atoms with E-state index in [0.717, 1.165) is 21.9 Å². The van der Waals surface area contributed by atoms with E-state index < -0.39 is 35.5 Å². The summed E-state index contributed by atoms with van der Waals surface area (Å²) in [5, 5.41) is 13.7. The summed E-state index contributed by atoms with van der Waals surface area (Å²) in [5.41, 5.74) is 1.22. The van der Waals surface area contributed by atoms with Crippen LogP contribution < -0.4 is 10.5 Å². The summed E-state index contributed by atoms with van der Waals surface area (Å²) in [6, 6.07) is 8.95. The Balaban J connectivity index is 2.08. The maximum atomic E-state index is 13.8. The Morgan fingerprint density at radius 1 is 1.15 bits per heavy atom. The Morgan fingerprint density at radius 2 is 1.82 bits per heavy atom. The number of rotatable bonds is 4. The number of carboxylic acid groups (broad SMARTS) is 1. The van der Waals surface area contributed by atoms with Gasteiger partial charge in [0.05, 0.1) is 16.9 Å². The lowest BCUT2D eigenvalue weighted by Crippen LogP contribution is -2.34. The maximum Gasteiger partial charge on any atom is 0.418 e. The van der Waals surface area contributed by atoms with Gasteiger partial charge in [0.25, 0.3) is 5.56 Å². The molecule has 0 atom stereocenters. The minimum Gasteiger partial charge on any atom is -0.480 e. The van der Waals surface area contributed by atoms with Crippen molar-refractivity contribution in [3.8, 4) is 16.9 Å². The Morgan fingerprint density at radius 3 is 2.42 bits per heavy atom. The molecule has 0 spiro atoms. The molecule has 172 valence electrons. The van der Waals surface area contributed by atoms with Gasteiger partial charge in [-0.1, -0.05) is 33.1 Å². The number of aryl methyl sites for hydroxylation is 2. The van der Waals surface area contributed by atoms with Crippen LogP contribution in [0.4, 0.5) is 18.9 Å². The number of aromatic nitrogens is 2. The number of carbonyl (C=O) groups is 1. The Labute approximate surface area is 195 Å². The highest BCUT2D eigenvalue weighted by molar-refractivity contribution is 9.10.